The summed E-state index contributed by atoms with van der Waals surface area (Å²) in [6, 6.07) is 3.90. The van der Waals surface area contributed by atoms with Crippen molar-refractivity contribution in [2.45, 2.75) is 39.5 Å². The fraction of sp³-hybridized carbons (Fsp3) is 0.625. The molecule has 0 bridgehead atoms. The number of hydrogen-bond acceptors (Lipinski definition) is 4. The number of hydrogen-bond donors (Lipinski definition) is 2. The van der Waals surface area contributed by atoms with Crippen molar-refractivity contribution < 1.29 is 4.79 Å². The van der Waals surface area contributed by atoms with Crippen LogP contribution in [0.3, 0.4) is 0 Å². The van der Waals surface area contributed by atoms with Crippen molar-refractivity contribution in [2.24, 2.45) is 11.1 Å². The third kappa shape index (κ3) is 3.35. The SMILES string of the molecule is CCC(CC)(CN)C(=O)Nc1ccc(N2CCCC2)nc1. The molecule has 116 valence electrons. The van der Waals surface area contributed by atoms with Crippen molar-refractivity contribution in [1.82, 2.24) is 4.98 Å². The maximum atomic E-state index is 12.4. The minimum Gasteiger partial charge on any atom is -0.357 e. The second-order valence-corrected chi connectivity index (χ2v) is 5.74. The zero-order chi connectivity index (χ0) is 15.3. The van der Waals surface area contributed by atoms with Gasteiger partial charge in [-0.25, -0.2) is 4.98 Å². The molecule has 0 aromatic carbocycles. The molecule has 2 heterocycles. The summed E-state index contributed by atoms with van der Waals surface area (Å²) in [7, 11) is 0. The van der Waals surface area contributed by atoms with Gasteiger partial charge in [-0.05, 0) is 37.8 Å². The number of rotatable bonds is 6. The molecule has 1 aromatic heterocycles. The number of aromatic nitrogens is 1. The van der Waals surface area contributed by atoms with Gasteiger partial charge in [0.2, 0.25) is 5.91 Å². The smallest absolute Gasteiger partial charge is 0.231 e. The largest absolute Gasteiger partial charge is 0.357 e. The highest BCUT2D eigenvalue weighted by atomic mass is 16.2. The molecule has 5 nitrogen and oxygen atoms in total. The number of anilines is 2. The van der Waals surface area contributed by atoms with Crippen molar-refractivity contribution in [3.63, 3.8) is 0 Å². The first-order chi connectivity index (χ1) is 10.1. The van der Waals surface area contributed by atoms with Crippen LogP contribution in [0.1, 0.15) is 39.5 Å². The van der Waals surface area contributed by atoms with E-state index in [1.165, 1.54) is 12.8 Å². The Labute approximate surface area is 126 Å². The average Bonchev–Trinajstić information content (AvgIpc) is 3.05. The van der Waals surface area contributed by atoms with E-state index in [0.29, 0.717) is 6.54 Å². The van der Waals surface area contributed by atoms with Gasteiger partial charge in [0.05, 0.1) is 17.3 Å². The van der Waals surface area contributed by atoms with Crippen LogP contribution in [0.5, 0.6) is 0 Å². The highest BCUT2D eigenvalue weighted by Gasteiger charge is 2.33. The van der Waals surface area contributed by atoms with Gasteiger partial charge in [-0.3, -0.25) is 4.79 Å². The summed E-state index contributed by atoms with van der Waals surface area (Å²) in [6.45, 7) is 6.52. The van der Waals surface area contributed by atoms with Gasteiger partial charge in [0, 0.05) is 19.6 Å². The number of carbonyl (C=O) groups excluding carboxylic acids is 1. The summed E-state index contributed by atoms with van der Waals surface area (Å²) in [4.78, 5) is 19.2. The van der Waals surface area contributed by atoms with Crippen LogP contribution < -0.4 is 16.0 Å². The number of nitrogens with two attached hydrogens (primary N) is 1. The Kier molecular flexibility index (Phi) is 5.17. The van der Waals surface area contributed by atoms with Gasteiger partial charge in [0.1, 0.15) is 5.82 Å². The van der Waals surface area contributed by atoms with Crippen LogP contribution in [0.15, 0.2) is 18.3 Å². The number of nitrogens with one attached hydrogen (secondary N) is 1. The standard InChI is InChI=1S/C16H26N4O/c1-3-16(4-2,12-17)15(21)19-13-7-8-14(18-11-13)20-9-5-6-10-20/h7-8,11H,3-6,9-10,12,17H2,1-2H3,(H,19,21). The highest BCUT2D eigenvalue weighted by Crippen LogP contribution is 2.27. The Balaban J connectivity index is 2.04. The average molecular weight is 290 g/mol. The Morgan fingerprint density at radius 1 is 1.33 bits per heavy atom. The number of nitrogens with zero attached hydrogens (tertiary/aromatic N) is 2. The first-order valence-electron chi connectivity index (χ1n) is 7.87. The lowest BCUT2D eigenvalue weighted by molar-refractivity contribution is -0.125. The predicted octanol–water partition coefficient (Wildman–Crippen LogP) is 2.39. The molecule has 0 unspecified atom stereocenters. The summed E-state index contributed by atoms with van der Waals surface area (Å²) in [5.41, 5.74) is 6.07. The van der Waals surface area contributed by atoms with Crippen LogP contribution in [0, 0.1) is 5.41 Å². The van der Waals surface area contributed by atoms with Crippen molar-refractivity contribution in [3.05, 3.63) is 18.3 Å². The maximum absolute atomic E-state index is 12.4. The molecule has 5 heteroatoms. The molecule has 2 rings (SSSR count). The van der Waals surface area contributed by atoms with Crippen LogP contribution in [-0.4, -0.2) is 30.5 Å². The Hall–Kier alpha value is -1.62. The molecule has 1 saturated heterocycles. The molecule has 1 aromatic rings. The number of amides is 1. The van der Waals surface area contributed by atoms with E-state index in [1.54, 1.807) is 6.20 Å². The van der Waals surface area contributed by atoms with Crippen LogP contribution in [0.2, 0.25) is 0 Å². The van der Waals surface area contributed by atoms with Crippen LogP contribution in [0.25, 0.3) is 0 Å². The number of pyridine rings is 1. The normalized spacial score (nSPS) is 15.3. The van der Waals surface area contributed by atoms with Gasteiger partial charge in [0.15, 0.2) is 0 Å². The lowest BCUT2D eigenvalue weighted by atomic mass is 9.81. The molecule has 3 N–H and O–H groups in total. The summed E-state index contributed by atoms with van der Waals surface area (Å²) >= 11 is 0. The second-order valence-electron chi connectivity index (χ2n) is 5.74. The molecular formula is C16H26N4O. The van der Waals surface area contributed by atoms with Gasteiger partial charge < -0.3 is 16.0 Å². The van der Waals surface area contributed by atoms with E-state index in [9.17, 15) is 4.79 Å². The number of carbonyl (C=O) groups is 1. The first-order valence-corrected chi connectivity index (χ1v) is 7.87. The molecule has 1 fully saturated rings. The molecule has 0 spiro atoms. The maximum Gasteiger partial charge on any atom is 0.231 e. The van der Waals surface area contributed by atoms with Gasteiger partial charge in [-0.2, -0.15) is 0 Å². The van der Waals surface area contributed by atoms with Crippen molar-refractivity contribution in [2.75, 3.05) is 29.9 Å². The van der Waals surface area contributed by atoms with Crippen molar-refractivity contribution in [3.8, 4) is 0 Å². The molecule has 0 atom stereocenters. The van der Waals surface area contributed by atoms with E-state index >= 15 is 0 Å². The highest BCUT2D eigenvalue weighted by molar-refractivity contribution is 5.95. The predicted molar refractivity (Wildman–Crippen MR) is 86.4 cm³/mol. The van der Waals surface area contributed by atoms with E-state index in [4.69, 9.17) is 5.73 Å². The molecule has 1 amide bonds. The van der Waals surface area contributed by atoms with Gasteiger partial charge in [-0.1, -0.05) is 13.8 Å². The fourth-order valence-corrected chi connectivity index (χ4v) is 2.81. The Morgan fingerprint density at radius 2 is 2.00 bits per heavy atom. The van der Waals surface area contributed by atoms with E-state index in [-0.39, 0.29) is 5.91 Å². The van der Waals surface area contributed by atoms with E-state index in [0.717, 1.165) is 37.4 Å². The van der Waals surface area contributed by atoms with Gasteiger partial charge in [-0.15, -0.1) is 0 Å². The molecule has 21 heavy (non-hydrogen) atoms. The third-order valence-corrected chi connectivity index (χ3v) is 4.66. The molecule has 0 radical (unpaired) electrons. The topological polar surface area (TPSA) is 71.2 Å². The lowest BCUT2D eigenvalue weighted by Crippen LogP contribution is -2.41. The van der Waals surface area contributed by atoms with Crippen LogP contribution in [-0.2, 0) is 4.79 Å². The van der Waals surface area contributed by atoms with Gasteiger partial charge >= 0.3 is 0 Å². The molecule has 1 aliphatic heterocycles. The Morgan fingerprint density at radius 3 is 2.48 bits per heavy atom. The molecular weight excluding hydrogens is 264 g/mol. The second kappa shape index (κ2) is 6.89. The molecule has 1 aliphatic rings. The zero-order valence-corrected chi connectivity index (χ0v) is 13.1. The van der Waals surface area contributed by atoms with Crippen molar-refractivity contribution >= 4 is 17.4 Å². The van der Waals surface area contributed by atoms with Gasteiger partial charge in [0.25, 0.3) is 0 Å². The fourth-order valence-electron chi connectivity index (χ4n) is 2.81. The minimum absolute atomic E-state index is 0.00859. The molecule has 0 saturated carbocycles. The van der Waals surface area contributed by atoms with E-state index in [1.807, 2.05) is 26.0 Å². The van der Waals surface area contributed by atoms with E-state index < -0.39 is 5.41 Å². The quantitative estimate of drug-likeness (QED) is 0.844. The van der Waals surface area contributed by atoms with Crippen LogP contribution in [0.4, 0.5) is 11.5 Å². The third-order valence-electron chi connectivity index (χ3n) is 4.66. The Bertz CT molecular complexity index is 453. The molecule has 0 aliphatic carbocycles. The van der Waals surface area contributed by atoms with E-state index in [2.05, 4.69) is 15.2 Å². The first kappa shape index (κ1) is 15.8. The minimum atomic E-state index is -0.479. The summed E-state index contributed by atoms with van der Waals surface area (Å²) in [6.07, 6.45) is 5.67. The summed E-state index contributed by atoms with van der Waals surface area (Å²) in [5, 5.41) is 2.95. The lowest BCUT2D eigenvalue weighted by Gasteiger charge is -2.28. The summed E-state index contributed by atoms with van der Waals surface area (Å²) in [5.74, 6) is 0.979. The summed E-state index contributed by atoms with van der Waals surface area (Å²) < 4.78 is 0. The zero-order valence-electron chi connectivity index (χ0n) is 13.1. The monoisotopic (exact) mass is 290 g/mol. The van der Waals surface area contributed by atoms with Crippen LogP contribution >= 0.6 is 0 Å². The van der Waals surface area contributed by atoms with Crippen molar-refractivity contribution in [1.29, 1.82) is 0 Å².